The molecule has 0 radical (unpaired) electrons. The van der Waals surface area contributed by atoms with E-state index < -0.39 is 0 Å². The first-order valence-corrected chi connectivity index (χ1v) is 10.1. The number of hydrogen-bond donors (Lipinski definition) is 2. The Morgan fingerprint density at radius 1 is 1.14 bits per heavy atom. The average Bonchev–Trinajstić information content (AvgIpc) is 3.14. The van der Waals surface area contributed by atoms with Gasteiger partial charge in [0.2, 0.25) is 5.95 Å². The molecule has 3 aromatic rings. The van der Waals surface area contributed by atoms with Crippen molar-refractivity contribution in [2.75, 3.05) is 30.8 Å². The summed E-state index contributed by atoms with van der Waals surface area (Å²) < 4.78 is 7.48. The molecule has 1 fully saturated rings. The highest BCUT2D eigenvalue weighted by Gasteiger charge is 2.34. The van der Waals surface area contributed by atoms with Crippen LogP contribution in [0.4, 0.5) is 11.8 Å². The monoisotopic (exact) mass is 392 g/mol. The van der Waals surface area contributed by atoms with Crippen molar-refractivity contribution in [2.45, 2.75) is 31.6 Å². The number of ether oxygens (including phenoxy) is 1. The maximum atomic E-state index is 6.03. The van der Waals surface area contributed by atoms with Gasteiger partial charge >= 0.3 is 0 Å². The van der Waals surface area contributed by atoms with Crippen molar-refractivity contribution in [2.24, 2.45) is 7.05 Å². The molecule has 1 saturated heterocycles. The molecule has 4 rings (SSSR count). The lowest BCUT2D eigenvalue weighted by molar-refractivity contribution is 0.0543. The number of aromatic nitrogens is 4. The highest BCUT2D eigenvalue weighted by atomic mass is 16.5. The van der Waals surface area contributed by atoms with Crippen molar-refractivity contribution >= 4 is 11.8 Å². The highest BCUT2D eigenvalue weighted by Crippen LogP contribution is 2.35. The summed E-state index contributed by atoms with van der Waals surface area (Å²) >= 11 is 0. The number of hydrogen-bond acceptors (Lipinski definition) is 6. The summed E-state index contributed by atoms with van der Waals surface area (Å²) in [4.78, 5) is 8.85. The van der Waals surface area contributed by atoms with Crippen molar-refractivity contribution in [3.63, 3.8) is 0 Å². The van der Waals surface area contributed by atoms with Gasteiger partial charge in [-0.1, -0.05) is 37.3 Å². The Labute approximate surface area is 171 Å². The molecule has 0 bridgehead atoms. The first kappa shape index (κ1) is 19.4. The fourth-order valence-electron chi connectivity index (χ4n) is 4.01. The molecule has 1 aliphatic heterocycles. The highest BCUT2D eigenvalue weighted by molar-refractivity contribution is 5.61. The Morgan fingerprint density at radius 2 is 1.90 bits per heavy atom. The Kier molecular flexibility index (Phi) is 5.49. The van der Waals surface area contributed by atoms with Crippen LogP contribution in [0.1, 0.15) is 31.0 Å². The Balaban J connectivity index is 1.60. The molecule has 7 nitrogen and oxygen atoms in total. The minimum atomic E-state index is 0.0152. The van der Waals surface area contributed by atoms with Gasteiger partial charge < -0.3 is 15.8 Å². The molecule has 3 N–H and O–H groups in total. The first-order valence-electron chi connectivity index (χ1n) is 10.1. The molecule has 29 heavy (non-hydrogen) atoms. The Hall–Kier alpha value is -2.93. The minimum absolute atomic E-state index is 0.0152. The van der Waals surface area contributed by atoms with Crippen molar-refractivity contribution < 1.29 is 4.74 Å². The molecule has 152 valence electrons. The molecular formula is C22H28N6O. The lowest BCUT2D eigenvalue weighted by atomic mass is 9.74. The van der Waals surface area contributed by atoms with Gasteiger partial charge in [-0.25, -0.2) is 4.98 Å². The zero-order valence-corrected chi connectivity index (χ0v) is 17.1. The van der Waals surface area contributed by atoms with Gasteiger partial charge in [-0.2, -0.15) is 10.1 Å². The first-order chi connectivity index (χ1) is 14.1. The second-order valence-corrected chi connectivity index (χ2v) is 7.61. The molecule has 0 unspecified atom stereocenters. The van der Waals surface area contributed by atoms with Crippen LogP contribution in [-0.2, 0) is 23.6 Å². The predicted molar refractivity (Wildman–Crippen MR) is 115 cm³/mol. The molecule has 1 aliphatic rings. The molecular weight excluding hydrogens is 364 g/mol. The summed E-state index contributed by atoms with van der Waals surface area (Å²) in [7, 11) is 1.92. The topological polar surface area (TPSA) is 90.9 Å². The smallest absolute Gasteiger partial charge is 0.222 e. The standard InChI is InChI=1S/C22H28N6O/c1-3-17-13-19(28(2)27-17)18-14-20(26-21(23)25-18)24-15-22(9-11-29-12-10-22)16-7-5-4-6-8-16/h4-8,13-14H,3,9-12,15H2,1-2H3,(H3,23,24,25,26). The van der Waals surface area contributed by atoms with Crippen LogP contribution >= 0.6 is 0 Å². The third kappa shape index (κ3) is 4.10. The van der Waals surface area contributed by atoms with E-state index in [1.807, 2.05) is 17.8 Å². The van der Waals surface area contributed by atoms with Gasteiger partial charge in [0.1, 0.15) is 5.82 Å². The summed E-state index contributed by atoms with van der Waals surface area (Å²) in [6.07, 6.45) is 2.82. The zero-order chi connectivity index (χ0) is 20.3. The van der Waals surface area contributed by atoms with Gasteiger partial charge in [0.15, 0.2) is 0 Å². The van der Waals surface area contributed by atoms with Crippen LogP contribution in [0.2, 0.25) is 0 Å². The SMILES string of the molecule is CCc1cc(-c2cc(NCC3(c4ccccc4)CCOCC3)nc(N)n2)n(C)n1. The van der Waals surface area contributed by atoms with E-state index in [4.69, 9.17) is 10.5 Å². The molecule has 0 aliphatic carbocycles. The number of nitrogen functional groups attached to an aromatic ring is 1. The van der Waals surface area contributed by atoms with Crippen LogP contribution in [0.25, 0.3) is 11.4 Å². The third-order valence-corrected chi connectivity index (χ3v) is 5.74. The van der Waals surface area contributed by atoms with E-state index in [9.17, 15) is 0 Å². The average molecular weight is 393 g/mol. The fourth-order valence-corrected chi connectivity index (χ4v) is 4.01. The summed E-state index contributed by atoms with van der Waals surface area (Å²) in [6.45, 7) is 4.39. The fraction of sp³-hybridized carbons (Fsp3) is 0.409. The normalized spacial score (nSPS) is 15.9. The second-order valence-electron chi connectivity index (χ2n) is 7.61. The molecule has 3 heterocycles. The lowest BCUT2D eigenvalue weighted by Gasteiger charge is -2.38. The van der Waals surface area contributed by atoms with Crippen molar-refractivity contribution in [3.05, 3.63) is 53.7 Å². The van der Waals surface area contributed by atoms with Crippen LogP contribution in [0.15, 0.2) is 42.5 Å². The molecule has 2 aromatic heterocycles. The summed E-state index contributed by atoms with van der Waals surface area (Å²) in [6, 6.07) is 14.7. The van der Waals surface area contributed by atoms with Crippen molar-refractivity contribution in [3.8, 4) is 11.4 Å². The number of rotatable bonds is 6. The predicted octanol–water partition coefficient (Wildman–Crippen LogP) is 3.18. The lowest BCUT2D eigenvalue weighted by Crippen LogP contribution is -2.40. The van der Waals surface area contributed by atoms with E-state index in [1.165, 1.54) is 5.56 Å². The van der Waals surface area contributed by atoms with Crippen LogP contribution in [0, 0.1) is 0 Å². The van der Waals surface area contributed by atoms with Gasteiger partial charge in [0.05, 0.1) is 17.1 Å². The van der Waals surface area contributed by atoms with Crippen LogP contribution < -0.4 is 11.1 Å². The molecule has 1 aromatic carbocycles. The number of nitrogens with zero attached hydrogens (tertiary/aromatic N) is 4. The summed E-state index contributed by atoms with van der Waals surface area (Å²) in [5.41, 5.74) is 10.1. The Morgan fingerprint density at radius 3 is 2.59 bits per heavy atom. The number of aryl methyl sites for hydroxylation is 2. The van der Waals surface area contributed by atoms with Gasteiger partial charge in [0, 0.05) is 38.3 Å². The molecule has 0 amide bonds. The Bertz CT molecular complexity index is 963. The number of nitrogens with two attached hydrogens (primary N) is 1. The largest absolute Gasteiger partial charge is 0.381 e. The van der Waals surface area contributed by atoms with Gasteiger partial charge in [-0.3, -0.25) is 4.68 Å². The van der Waals surface area contributed by atoms with Gasteiger partial charge in [0.25, 0.3) is 0 Å². The van der Waals surface area contributed by atoms with Crippen molar-refractivity contribution in [1.29, 1.82) is 0 Å². The molecule has 0 saturated carbocycles. The van der Waals surface area contributed by atoms with E-state index in [0.717, 1.165) is 61.9 Å². The van der Waals surface area contributed by atoms with E-state index in [-0.39, 0.29) is 11.4 Å². The summed E-state index contributed by atoms with van der Waals surface area (Å²) in [5.74, 6) is 0.985. The van der Waals surface area contributed by atoms with E-state index in [0.29, 0.717) is 0 Å². The van der Waals surface area contributed by atoms with E-state index >= 15 is 0 Å². The quantitative estimate of drug-likeness (QED) is 0.669. The van der Waals surface area contributed by atoms with Gasteiger partial charge in [-0.05, 0) is 30.9 Å². The molecule has 7 heteroatoms. The molecule has 0 atom stereocenters. The summed E-state index contributed by atoms with van der Waals surface area (Å²) in [5, 5.41) is 8.04. The van der Waals surface area contributed by atoms with E-state index in [2.05, 4.69) is 63.7 Å². The third-order valence-electron chi connectivity index (χ3n) is 5.74. The van der Waals surface area contributed by atoms with Crippen LogP contribution in [-0.4, -0.2) is 39.5 Å². The maximum absolute atomic E-state index is 6.03. The maximum Gasteiger partial charge on any atom is 0.222 e. The molecule has 0 spiro atoms. The second kappa shape index (κ2) is 8.21. The van der Waals surface area contributed by atoms with E-state index in [1.54, 1.807) is 0 Å². The minimum Gasteiger partial charge on any atom is -0.381 e. The van der Waals surface area contributed by atoms with Gasteiger partial charge in [-0.15, -0.1) is 0 Å². The number of nitrogens with one attached hydrogen (secondary N) is 1. The van der Waals surface area contributed by atoms with Crippen LogP contribution in [0.5, 0.6) is 0 Å². The number of benzene rings is 1. The van der Waals surface area contributed by atoms with Crippen LogP contribution in [0.3, 0.4) is 0 Å². The van der Waals surface area contributed by atoms with Crippen molar-refractivity contribution in [1.82, 2.24) is 19.7 Å². The zero-order valence-electron chi connectivity index (χ0n) is 17.1. The number of anilines is 2.